The van der Waals surface area contributed by atoms with Crippen LogP contribution in [0.5, 0.6) is 0 Å². The molecule has 0 saturated heterocycles. The molecule has 0 bridgehead atoms. The van der Waals surface area contributed by atoms with Crippen molar-refractivity contribution in [2.24, 2.45) is 0 Å². The van der Waals surface area contributed by atoms with Crippen molar-refractivity contribution in [1.82, 2.24) is 4.98 Å². The highest BCUT2D eigenvalue weighted by Gasteiger charge is 2.19. The molecule has 0 unspecified atom stereocenters. The highest BCUT2D eigenvalue weighted by Crippen LogP contribution is 2.29. The van der Waals surface area contributed by atoms with Crippen LogP contribution in [0.15, 0.2) is 34.0 Å². The fraction of sp³-hybridized carbons (Fsp3) is 0.353. The molecule has 1 aromatic heterocycles. The first kappa shape index (κ1) is 21.4. The van der Waals surface area contributed by atoms with Crippen LogP contribution >= 0.6 is 23.1 Å². The Balaban J connectivity index is 1.97. The summed E-state index contributed by atoms with van der Waals surface area (Å²) in [7, 11) is -3.36. The number of nitrogens with one attached hydrogen (secondary N) is 1. The minimum absolute atomic E-state index is 0.0898. The van der Waals surface area contributed by atoms with Gasteiger partial charge in [-0.15, -0.1) is 11.3 Å². The second-order valence-corrected chi connectivity index (χ2v) is 9.86. The van der Waals surface area contributed by atoms with E-state index in [1.165, 1.54) is 23.1 Å². The number of aromatic nitrogens is 1. The number of carbonyl (C=O) groups is 2. The second kappa shape index (κ2) is 9.34. The summed E-state index contributed by atoms with van der Waals surface area (Å²) in [5, 5.41) is 1.41. The molecule has 1 N–H and O–H groups in total. The number of carbonyl (C=O) groups excluding carboxylic acids is 2. The van der Waals surface area contributed by atoms with Gasteiger partial charge >= 0.3 is 5.97 Å². The van der Waals surface area contributed by atoms with Crippen molar-refractivity contribution in [2.45, 2.75) is 29.9 Å². The number of anilines is 1. The van der Waals surface area contributed by atoms with Gasteiger partial charge in [0.25, 0.3) is 0 Å². The average Bonchev–Trinajstić information content (AvgIpc) is 3.00. The normalized spacial score (nSPS) is 12.4. The molecule has 1 atom stereocenters. The van der Waals surface area contributed by atoms with Crippen molar-refractivity contribution >= 4 is 50.6 Å². The van der Waals surface area contributed by atoms with Crippen molar-refractivity contribution in [1.29, 1.82) is 0 Å². The lowest BCUT2D eigenvalue weighted by molar-refractivity contribution is -0.142. The number of ether oxygens (including phenoxy) is 1. The Morgan fingerprint density at radius 1 is 1.30 bits per heavy atom. The number of ketones is 1. The number of sulfonamides is 1. The zero-order chi connectivity index (χ0) is 20.0. The molecule has 146 valence electrons. The molecule has 0 spiro atoms. The maximum Gasteiger partial charge on any atom is 0.311 e. The fourth-order valence-electron chi connectivity index (χ4n) is 2.14. The molecule has 2 rings (SSSR count). The number of Topliss-reactive ketones (excluding diaryl/α,β-unsaturated/α-hetero) is 1. The largest absolute Gasteiger partial charge is 0.466 e. The molecule has 0 aliphatic heterocycles. The maximum atomic E-state index is 12.6. The van der Waals surface area contributed by atoms with E-state index in [0.29, 0.717) is 27.9 Å². The number of esters is 1. The van der Waals surface area contributed by atoms with Crippen molar-refractivity contribution in [2.75, 3.05) is 17.6 Å². The predicted octanol–water partition coefficient (Wildman–Crippen LogP) is 2.98. The Labute approximate surface area is 166 Å². The van der Waals surface area contributed by atoms with Crippen molar-refractivity contribution in [3.63, 3.8) is 0 Å². The summed E-state index contributed by atoms with van der Waals surface area (Å²) in [6, 6.07) is 6.26. The van der Waals surface area contributed by atoms with Crippen LogP contribution in [0.3, 0.4) is 0 Å². The number of thioether (sulfide) groups is 1. The fourth-order valence-corrected chi connectivity index (χ4v) is 4.76. The van der Waals surface area contributed by atoms with Gasteiger partial charge in [0.05, 0.1) is 30.2 Å². The number of rotatable bonds is 9. The van der Waals surface area contributed by atoms with Gasteiger partial charge in [-0.1, -0.05) is 11.8 Å². The molecule has 2 aromatic rings. The molecule has 0 saturated carbocycles. The minimum atomic E-state index is -3.36. The molecule has 0 radical (unpaired) electrons. The highest BCUT2D eigenvalue weighted by molar-refractivity contribution is 8.02. The van der Waals surface area contributed by atoms with Gasteiger partial charge in [-0.3, -0.25) is 14.3 Å². The van der Waals surface area contributed by atoms with E-state index in [1.54, 1.807) is 43.5 Å². The van der Waals surface area contributed by atoms with Gasteiger partial charge in [-0.2, -0.15) is 0 Å². The number of nitrogens with zero attached hydrogens (tertiary/aromatic N) is 1. The van der Waals surface area contributed by atoms with Crippen LogP contribution in [0, 0.1) is 0 Å². The zero-order valence-electron chi connectivity index (χ0n) is 15.1. The molecule has 0 fully saturated rings. The molecule has 0 aliphatic carbocycles. The molecule has 10 heteroatoms. The molecule has 0 aliphatic rings. The van der Waals surface area contributed by atoms with Crippen LogP contribution in [0.25, 0.3) is 0 Å². The summed E-state index contributed by atoms with van der Waals surface area (Å²) < 4.78 is 30.4. The first-order valence-electron chi connectivity index (χ1n) is 8.06. The van der Waals surface area contributed by atoms with Crippen LogP contribution in [0.4, 0.5) is 5.69 Å². The van der Waals surface area contributed by atoms with E-state index in [-0.39, 0.29) is 23.4 Å². The summed E-state index contributed by atoms with van der Waals surface area (Å²) in [6.07, 6.45) is 1.18. The summed E-state index contributed by atoms with van der Waals surface area (Å²) in [5.41, 5.74) is 1.51. The Morgan fingerprint density at radius 3 is 2.56 bits per heavy atom. The van der Waals surface area contributed by atoms with Gasteiger partial charge in [-0.05, 0) is 38.1 Å². The van der Waals surface area contributed by atoms with Gasteiger partial charge in [0.1, 0.15) is 0 Å². The van der Waals surface area contributed by atoms with Crippen LogP contribution < -0.4 is 4.72 Å². The first-order chi connectivity index (χ1) is 12.7. The molecule has 1 aromatic carbocycles. The van der Waals surface area contributed by atoms with Crippen molar-refractivity contribution < 1.29 is 22.7 Å². The SMILES string of the molecule is CCOC(=O)Cc1csc(S[C@@H](C)C(=O)c2ccc(NS(C)(=O)=O)cc2)n1. The maximum absolute atomic E-state index is 12.6. The Morgan fingerprint density at radius 2 is 1.96 bits per heavy atom. The van der Waals surface area contributed by atoms with Gasteiger partial charge in [0.2, 0.25) is 10.0 Å². The van der Waals surface area contributed by atoms with Gasteiger partial charge in [0, 0.05) is 16.6 Å². The molecule has 27 heavy (non-hydrogen) atoms. The number of thiazole rings is 1. The molecule has 0 amide bonds. The number of benzene rings is 1. The van der Waals surface area contributed by atoms with Crippen molar-refractivity contribution in [3.05, 3.63) is 40.9 Å². The molecular weight excluding hydrogens is 408 g/mol. The van der Waals surface area contributed by atoms with E-state index in [1.807, 2.05) is 0 Å². The van der Waals surface area contributed by atoms with Gasteiger partial charge in [0.15, 0.2) is 10.1 Å². The predicted molar refractivity (Wildman–Crippen MR) is 107 cm³/mol. The van der Waals surface area contributed by atoms with Crippen molar-refractivity contribution in [3.8, 4) is 0 Å². The summed E-state index contributed by atoms with van der Waals surface area (Å²) in [4.78, 5) is 28.4. The first-order valence-corrected chi connectivity index (χ1v) is 11.7. The van der Waals surface area contributed by atoms with Crippen LogP contribution in [-0.4, -0.2) is 43.3 Å². The van der Waals surface area contributed by atoms with E-state index in [0.717, 1.165) is 6.26 Å². The van der Waals surface area contributed by atoms with Gasteiger partial charge in [-0.25, -0.2) is 13.4 Å². The van der Waals surface area contributed by atoms with E-state index >= 15 is 0 Å². The van der Waals surface area contributed by atoms with E-state index < -0.39 is 10.0 Å². The van der Waals surface area contributed by atoms with Crippen LogP contribution in [-0.2, 0) is 26.0 Å². The van der Waals surface area contributed by atoms with E-state index in [9.17, 15) is 18.0 Å². The van der Waals surface area contributed by atoms with Crippen LogP contribution in [0.1, 0.15) is 29.9 Å². The number of hydrogen-bond donors (Lipinski definition) is 1. The Bertz CT molecular complexity index is 907. The Hall–Kier alpha value is -1.91. The quantitative estimate of drug-likeness (QED) is 0.372. The third-order valence-corrected chi connectivity index (χ3v) is 6.01. The Kier molecular flexibility index (Phi) is 7.40. The average molecular weight is 429 g/mol. The minimum Gasteiger partial charge on any atom is -0.466 e. The topological polar surface area (TPSA) is 102 Å². The lowest BCUT2D eigenvalue weighted by atomic mass is 10.1. The molecule has 1 heterocycles. The molecular formula is C17H20N2O5S3. The smallest absolute Gasteiger partial charge is 0.311 e. The summed E-state index contributed by atoms with van der Waals surface area (Å²) in [5.74, 6) is -0.417. The monoisotopic (exact) mass is 428 g/mol. The number of hydrogen-bond acceptors (Lipinski definition) is 8. The highest BCUT2D eigenvalue weighted by atomic mass is 32.2. The van der Waals surface area contributed by atoms with Crippen LogP contribution in [0.2, 0.25) is 0 Å². The van der Waals surface area contributed by atoms with E-state index in [2.05, 4.69) is 9.71 Å². The lowest BCUT2D eigenvalue weighted by Crippen LogP contribution is -2.14. The second-order valence-electron chi connectivity index (χ2n) is 5.66. The summed E-state index contributed by atoms with van der Waals surface area (Å²) in [6.45, 7) is 3.86. The van der Waals surface area contributed by atoms with E-state index in [4.69, 9.17) is 4.74 Å². The standard InChI is InChI=1S/C17H20N2O5S3/c1-4-24-15(20)9-14-10-25-17(18-14)26-11(2)16(21)12-5-7-13(8-6-12)19-27(3,22)23/h5-8,10-11,19H,4,9H2,1-3H3/t11-/m0/s1. The van der Waals surface area contributed by atoms with Gasteiger partial charge < -0.3 is 4.74 Å². The third kappa shape index (κ3) is 6.96. The zero-order valence-corrected chi connectivity index (χ0v) is 17.5. The third-order valence-electron chi connectivity index (χ3n) is 3.28. The lowest BCUT2D eigenvalue weighted by Gasteiger charge is -2.09. The summed E-state index contributed by atoms with van der Waals surface area (Å²) >= 11 is 2.69. The molecule has 7 nitrogen and oxygen atoms in total.